The second-order valence-corrected chi connectivity index (χ2v) is 8.59. The van der Waals surface area contributed by atoms with Gasteiger partial charge in [0.25, 0.3) is 0 Å². The Kier molecular flexibility index (Phi) is 8.88. The van der Waals surface area contributed by atoms with Crippen molar-refractivity contribution in [1.82, 2.24) is 10.6 Å². The van der Waals surface area contributed by atoms with Crippen LogP contribution in [0.5, 0.6) is 5.75 Å². The quantitative estimate of drug-likeness (QED) is 0.517. The molecule has 1 heterocycles. The molecule has 0 spiro atoms. The molecule has 0 amide bonds. The standard InChI is InChI=1S/C19H30ClN3O2S/c1-4-26-19(9-11-24-12-10-19)14-23-18(21-3)22-13-15(2)25-17-7-5-16(20)6-8-17/h5-8,15H,4,9-14H2,1-3H3,(H2,21,22,23). The summed E-state index contributed by atoms with van der Waals surface area (Å²) in [5.74, 6) is 2.73. The minimum Gasteiger partial charge on any atom is -0.489 e. The van der Waals surface area contributed by atoms with E-state index < -0.39 is 0 Å². The van der Waals surface area contributed by atoms with E-state index in [2.05, 4.69) is 22.5 Å². The highest BCUT2D eigenvalue weighted by Crippen LogP contribution is 2.34. The zero-order valence-corrected chi connectivity index (χ0v) is 17.5. The summed E-state index contributed by atoms with van der Waals surface area (Å²) in [6.07, 6.45) is 2.16. The molecule has 1 aromatic carbocycles. The van der Waals surface area contributed by atoms with Crippen LogP contribution in [-0.4, -0.2) is 55.9 Å². The van der Waals surface area contributed by atoms with Gasteiger partial charge in [0.15, 0.2) is 5.96 Å². The van der Waals surface area contributed by atoms with E-state index >= 15 is 0 Å². The first-order valence-corrected chi connectivity index (χ1v) is 10.5. The van der Waals surface area contributed by atoms with E-state index in [0.29, 0.717) is 11.6 Å². The van der Waals surface area contributed by atoms with Crippen LogP contribution in [0.25, 0.3) is 0 Å². The Morgan fingerprint density at radius 3 is 2.62 bits per heavy atom. The van der Waals surface area contributed by atoms with Gasteiger partial charge in [0.05, 0.1) is 6.54 Å². The van der Waals surface area contributed by atoms with E-state index in [4.69, 9.17) is 21.1 Å². The van der Waals surface area contributed by atoms with Gasteiger partial charge in [-0.25, -0.2) is 0 Å². The summed E-state index contributed by atoms with van der Waals surface area (Å²) in [6, 6.07) is 7.41. The second-order valence-electron chi connectivity index (χ2n) is 6.42. The Labute approximate surface area is 166 Å². The number of hydrogen-bond acceptors (Lipinski definition) is 4. The SMILES string of the molecule is CCSC1(CNC(=NC)NCC(C)Oc2ccc(Cl)cc2)CCOCC1. The molecule has 1 atom stereocenters. The number of nitrogens with one attached hydrogen (secondary N) is 2. The molecule has 0 aliphatic carbocycles. The molecule has 26 heavy (non-hydrogen) atoms. The van der Waals surface area contributed by atoms with Gasteiger partial charge in [-0.2, -0.15) is 11.8 Å². The molecule has 1 unspecified atom stereocenters. The molecule has 2 N–H and O–H groups in total. The minimum atomic E-state index is 0.0109. The summed E-state index contributed by atoms with van der Waals surface area (Å²) in [5, 5.41) is 7.54. The number of thioether (sulfide) groups is 1. The van der Waals surface area contributed by atoms with Gasteiger partial charge in [0.2, 0.25) is 0 Å². The molecule has 0 aromatic heterocycles. The van der Waals surface area contributed by atoms with E-state index in [1.54, 1.807) is 7.05 Å². The number of halogens is 1. The van der Waals surface area contributed by atoms with Crippen LogP contribution in [0, 0.1) is 0 Å². The number of guanidine groups is 1. The van der Waals surface area contributed by atoms with Crippen molar-refractivity contribution < 1.29 is 9.47 Å². The summed E-state index contributed by atoms with van der Waals surface area (Å²) in [6.45, 7) is 7.48. The van der Waals surface area contributed by atoms with Crippen molar-refractivity contribution in [3.8, 4) is 5.75 Å². The Morgan fingerprint density at radius 2 is 2.00 bits per heavy atom. The maximum atomic E-state index is 5.90. The highest BCUT2D eigenvalue weighted by atomic mass is 35.5. The molecule has 2 rings (SSSR count). The maximum absolute atomic E-state index is 5.90. The third-order valence-electron chi connectivity index (χ3n) is 4.36. The van der Waals surface area contributed by atoms with E-state index in [9.17, 15) is 0 Å². The maximum Gasteiger partial charge on any atom is 0.191 e. The molecule has 1 aliphatic rings. The van der Waals surface area contributed by atoms with Crippen molar-refractivity contribution in [2.45, 2.75) is 37.5 Å². The van der Waals surface area contributed by atoms with Crippen LogP contribution in [0.4, 0.5) is 0 Å². The van der Waals surface area contributed by atoms with E-state index in [1.807, 2.05) is 43.0 Å². The lowest BCUT2D eigenvalue weighted by molar-refractivity contribution is 0.0782. The van der Waals surface area contributed by atoms with Crippen LogP contribution in [0.1, 0.15) is 26.7 Å². The largest absolute Gasteiger partial charge is 0.489 e. The van der Waals surface area contributed by atoms with Gasteiger partial charge in [-0.3, -0.25) is 4.99 Å². The van der Waals surface area contributed by atoms with Crippen molar-refractivity contribution in [3.63, 3.8) is 0 Å². The lowest BCUT2D eigenvalue weighted by Crippen LogP contribution is -2.49. The molecule has 0 bridgehead atoms. The van der Waals surface area contributed by atoms with Gasteiger partial charge in [0.1, 0.15) is 11.9 Å². The van der Waals surface area contributed by atoms with Crippen molar-refractivity contribution in [1.29, 1.82) is 0 Å². The summed E-state index contributed by atoms with van der Waals surface area (Å²) in [5.41, 5.74) is 0. The Balaban J connectivity index is 1.78. The van der Waals surface area contributed by atoms with Crippen molar-refractivity contribution in [2.75, 3.05) is 39.1 Å². The minimum absolute atomic E-state index is 0.0109. The monoisotopic (exact) mass is 399 g/mol. The van der Waals surface area contributed by atoms with E-state index in [1.165, 1.54) is 0 Å². The van der Waals surface area contributed by atoms with Crippen LogP contribution in [0.3, 0.4) is 0 Å². The summed E-state index contributed by atoms with van der Waals surface area (Å²) < 4.78 is 11.7. The molecule has 1 aliphatic heterocycles. The lowest BCUT2D eigenvalue weighted by atomic mass is 9.99. The first kappa shape index (κ1) is 21.2. The van der Waals surface area contributed by atoms with E-state index in [0.717, 1.165) is 50.1 Å². The van der Waals surface area contributed by atoms with Gasteiger partial charge in [-0.1, -0.05) is 18.5 Å². The number of ether oxygens (including phenoxy) is 2. The molecule has 5 nitrogen and oxygen atoms in total. The number of rotatable bonds is 8. The third kappa shape index (κ3) is 6.89. The molecular weight excluding hydrogens is 370 g/mol. The van der Waals surface area contributed by atoms with Crippen molar-refractivity contribution in [2.24, 2.45) is 4.99 Å². The molecule has 1 saturated heterocycles. The Hall–Kier alpha value is -1.11. The predicted molar refractivity (Wildman–Crippen MR) is 112 cm³/mol. The second kappa shape index (κ2) is 10.9. The van der Waals surface area contributed by atoms with Gasteiger partial charge < -0.3 is 20.1 Å². The van der Waals surface area contributed by atoms with Gasteiger partial charge in [-0.15, -0.1) is 0 Å². The molecule has 0 radical (unpaired) electrons. The highest BCUT2D eigenvalue weighted by molar-refractivity contribution is 8.00. The first-order valence-electron chi connectivity index (χ1n) is 9.15. The fraction of sp³-hybridized carbons (Fsp3) is 0.632. The van der Waals surface area contributed by atoms with Crippen LogP contribution in [0.2, 0.25) is 5.02 Å². The molecule has 0 saturated carbocycles. The summed E-state index contributed by atoms with van der Waals surface area (Å²) in [7, 11) is 1.80. The number of aliphatic imine (C=N–C) groups is 1. The normalized spacial score (nSPS) is 18.2. The zero-order chi connectivity index (χ0) is 18.8. The Morgan fingerprint density at radius 1 is 1.31 bits per heavy atom. The third-order valence-corrected chi connectivity index (χ3v) is 6.07. The average Bonchev–Trinajstić information content (AvgIpc) is 2.65. The topological polar surface area (TPSA) is 54.9 Å². The number of benzene rings is 1. The van der Waals surface area contributed by atoms with Crippen molar-refractivity contribution >= 4 is 29.3 Å². The van der Waals surface area contributed by atoms with E-state index in [-0.39, 0.29) is 10.9 Å². The number of nitrogens with zero attached hydrogens (tertiary/aromatic N) is 1. The molecule has 7 heteroatoms. The lowest BCUT2D eigenvalue weighted by Gasteiger charge is -2.37. The van der Waals surface area contributed by atoms with Crippen LogP contribution < -0.4 is 15.4 Å². The van der Waals surface area contributed by atoms with Gasteiger partial charge in [0, 0.05) is 36.6 Å². The highest BCUT2D eigenvalue weighted by Gasteiger charge is 2.32. The Bertz CT molecular complexity index is 557. The first-order chi connectivity index (χ1) is 12.6. The number of hydrogen-bond donors (Lipinski definition) is 2. The van der Waals surface area contributed by atoms with Gasteiger partial charge >= 0.3 is 0 Å². The molecule has 1 aromatic rings. The fourth-order valence-corrected chi connectivity index (χ4v) is 4.28. The van der Waals surface area contributed by atoms with Crippen LogP contribution >= 0.6 is 23.4 Å². The fourth-order valence-electron chi connectivity index (χ4n) is 2.91. The predicted octanol–water partition coefficient (Wildman–Crippen LogP) is 3.57. The van der Waals surface area contributed by atoms with Gasteiger partial charge in [-0.05, 0) is 49.8 Å². The smallest absolute Gasteiger partial charge is 0.191 e. The summed E-state index contributed by atoms with van der Waals surface area (Å²) >= 11 is 7.92. The molecular formula is C19H30ClN3O2S. The zero-order valence-electron chi connectivity index (χ0n) is 15.9. The summed E-state index contributed by atoms with van der Waals surface area (Å²) in [4.78, 5) is 4.34. The molecule has 146 valence electrons. The van der Waals surface area contributed by atoms with Crippen molar-refractivity contribution in [3.05, 3.63) is 29.3 Å². The average molecular weight is 400 g/mol. The van der Waals surface area contributed by atoms with Crippen LogP contribution in [-0.2, 0) is 4.74 Å². The van der Waals surface area contributed by atoms with Crippen LogP contribution in [0.15, 0.2) is 29.3 Å². The molecule has 1 fully saturated rings.